The molecular weight excluding hydrogens is 419 g/mol. The number of benzene rings is 3. The van der Waals surface area contributed by atoms with Crippen LogP contribution >= 0.6 is 23.2 Å². The number of carbonyl (C=O) groups excluding carboxylic acids is 2. The van der Waals surface area contributed by atoms with E-state index in [-0.39, 0.29) is 28.0 Å². The quantitative estimate of drug-likeness (QED) is 0.544. The van der Waals surface area contributed by atoms with E-state index in [9.17, 15) is 19.5 Å². The predicted octanol–water partition coefficient (Wildman–Crippen LogP) is 3.96. The molecule has 148 valence electrons. The van der Waals surface area contributed by atoms with Crippen molar-refractivity contribution in [1.29, 1.82) is 0 Å². The Balaban J connectivity index is 1.80. The van der Waals surface area contributed by atoms with E-state index in [0.29, 0.717) is 22.0 Å². The number of nitrogens with one attached hydrogen (secondary N) is 1. The first-order chi connectivity index (χ1) is 13.8. The Labute approximate surface area is 175 Å². The summed E-state index contributed by atoms with van der Waals surface area (Å²) in [4.78, 5) is 34.7. The summed E-state index contributed by atoms with van der Waals surface area (Å²) in [5.74, 6) is -2.05. The maximum atomic E-state index is 12.2. The van der Waals surface area contributed by atoms with Crippen molar-refractivity contribution in [2.45, 2.75) is 0 Å². The van der Waals surface area contributed by atoms with Crippen molar-refractivity contribution in [1.82, 2.24) is 0 Å². The van der Waals surface area contributed by atoms with E-state index >= 15 is 0 Å². The number of anilines is 1. The zero-order valence-electron chi connectivity index (χ0n) is 14.7. The van der Waals surface area contributed by atoms with Gasteiger partial charge in [0.2, 0.25) is 5.91 Å². The number of carboxylic acids is 1. The molecule has 0 aliphatic carbocycles. The second kappa shape index (κ2) is 8.38. The molecule has 0 heterocycles. The van der Waals surface area contributed by atoms with Gasteiger partial charge >= 0.3 is 5.97 Å². The number of nitrogens with two attached hydrogens (primary N) is 1. The number of halogens is 2. The largest absolute Gasteiger partial charge is 0.483 e. The molecule has 0 unspecified atom stereocenters. The van der Waals surface area contributed by atoms with E-state index in [4.69, 9.17) is 33.7 Å². The maximum Gasteiger partial charge on any atom is 0.335 e. The first kappa shape index (κ1) is 20.4. The van der Waals surface area contributed by atoms with E-state index in [0.717, 1.165) is 0 Å². The summed E-state index contributed by atoms with van der Waals surface area (Å²) >= 11 is 12.2. The summed E-state index contributed by atoms with van der Waals surface area (Å²) in [5.41, 5.74) is 5.87. The van der Waals surface area contributed by atoms with Gasteiger partial charge in [-0.2, -0.15) is 0 Å². The second-order valence-electron chi connectivity index (χ2n) is 6.01. The number of hydrogen-bond acceptors (Lipinski definition) is 4. The van der Waals surface area contributed by atoms with E-state index in [1.807, 2.05) is 0 Å². The van der Waals surface area contributed by atoms with Crippen LogP contribution in [0.5, 0.6) is 5.75 Å². The van der Waals surface area contributed by atoms with Crippen molar-refractivity contribution < 1.29 is 24.2 Å². The molecule has 2 amide bonds. The summed E-state index contributed by atoms with van der Waals surface area (Å²) in [6.07, 6.45) is 0. The summed E-state index contributed by atoms with van der Waals surface area (Å²) in [6, 6.07) is 11.9. The number of primary amides is 1. The van der Waals surface area contributed by atoms with Crippen LogP contribution in [0.4, 0.5) is 5.69 Å². The molecule has 9 heteroatoms. The molecule has 0 radical (unpaired) electrons. The Morgan fingerprint density at radius 1 is 0.966 bits per heavy atom. The predicted molar refractivity (Wildman–Crippen MR) is 110 cm³/mol. The number of rotatable bonds is 6. The number of amides is 2. The van der Waals surface area contributed by atoms with Gasteiger partial charge in [0.1, 0.15) is 5.75 Å². The van der Waals surface area contributed by atoms with Crippen molar-refractivity contribution in [2.75, 3.05) is 11.9 Å². The standard InChI is InChI=1S/C20H14Cl2N2O5/c21-15-6-5-13-14(18(15)22)7-11(20(27)28)8-16(13)29-9-17(25)24-12-3-1-10(2-4-12)19(23)26/h1-8H,9H2,(H2,23,26)(H,24,25)(H,27,28). The number of carbonyl (C=O) groups is 3. The Bertz CT molecular complexity index is 1130. The van der Waals surface area contributed by atoms with Gasteiger partial charge in [-0.3, -0.25) is 9.59 Å². The average molecular weight is 433 g/mol. The molecule has 0 aromatic heterocycles. The third kappa shape index (κ3) is 4.59. The molecule has 3 aromatic carbocycles. The highest BCUT2D eigenvalue weighted by atomic mass is 35.5. The van der Waals surface area contributed by atoms with Crippen molar-refractivity contribution in [3.8, 4) is 5.75 Å². The Kier molecular flexibility index (Phi) is 5.91. The number of carboxylic acid groups (broad SMARTS) is 1. The molecular formula is C20H14Cl2N2O5. The molecule has 29 heavy (non-hydrogen) atoms. The summed E-state index contributed by atoms with van der Waals surface area (Å²) in [7, 11) is 0. The smallest absolute Gasteiger partial charge is 0.335 e. The first-order valence-corrected chi connectivity index (χ1v) is 8.99. The monoisotopic (exact) mass is 432 g/mol. The zero-order valence-corrected chi connectivity index (χ0v) is 16.3. The van der Waals surface area contributed by atoms with Crippen molar-refractivity contribution in [3.05, 3.63) is 69.7 Å². The topological polar surface area (TPSA) is 119 Å². The summed E-state index contributed by atoms with van der Waals surface area (Å²) in [6.45, 7) is -0.379. The van der Waals surface area contributed by atoms with Gasteiger partial charge in [-0.25, -0.2) is 4.79 Å². The van der Waals surface area contributed by atoms with Crippen LogP contribution in [-0.4, -0.2) is 29.5 Å². The lowest BCUT2D eigenvalue weighted by atomic mass is 10.1. The number of aromatic carboxylic acids is 1. The molecule has 0 fully saturated rings. The van der Waals surface area contributed by atoms with E-state index in [2.05, 4.69) is 5.32 Å². The Hall–Kier alpha value is -3.29. The van der Waals surface area contributed by atoms with Crippen LogP contribution in [0.2, 0.25) is 10.0 Å². The van der Waals surface area contributed by atoms with E-state index in [1.54, 1.807) is 12.1 Å². The van der Waals surface area contributed by atoms with Crippen LogP contribution in [0.25, 0.3) is 10.8 Å². The van der Waals surface area contributed by atoms with Gasteiger partial charge in [-0.15, -0.1) is 0 Å². The van der Waals surface area contributed by atoms with Gasteiger partial charge in [-0.05, 0) is 48.5 Å². The highest BCUT2D eigenvalue weighted by molar-refractivity contribution is 6.45. The molecule has 0 aliphatic heterocycles. The van der Waals surface area contributed by atoms with Crippen LogP contribution in [0.3, 0.4) is 0 Å². The normalized spacial score (nSPS) is 10.6. The molecule has 0 aliphatic rings. The third-order valence-electron chi connectivity index (χ3n) is 4.04. The lowest BCUT2D eigenvalue weighted by molar-refractivity contribution is -0.118. The lowest BCUT2D eigenvalue weighted by Crippen LogP contribution is -2.20. The van der Waals surface area contributed by atoms with Gasteiger partial charge in [-0.1, -0.05) is 23.2 Å². The molecule has 4 N–H and O–H groups in total. The minimum atomic E-state index is -1.17. The highest BCUT2D eigenvalue weighted by Crippen LogP contribution is 2.36. The maximum absolute atomic E-state index is 12.2. The van der Waals surface area contributed by atoms with Gasteiger partial charge in [0.25, 0.3) is 5.91 Å². The van der Waals surface area contributed by atoms with Crippen LogP contribution in [0.15, 0.2) is 48.5 Å². The fourth-order valence-electron chi connectivity index (χ4n) is 2.64. The number of fused-ring (bicyclic) bond motifs is 1. The van der Waals surface area contributed by atoms with Crippen molar-refractivity contribution >= 4 is 57.4 Å². The minimum Gasteiger partial charge on any atom is -0.483 e. The highest BCUT2D eigenvalue weighted by Gasteiger charge is 2.15. The molecule has 0 spiro atoms. The molecule has 0 saturated carbocycles. The van der Waals surface area contributed by atoms with Crippen LogP contribution in [0.1, 0.15) is 20.7 Å². The second-order valence-corrected chi connectivity index (χ2v) is 6.80. The molecule has 0 bridgehead atoms. The molecule has 0 atom stereocenters. The lowest BCUT2D eigenvalue weighted by Gasteiger charge is -2.12. The molecule has 3 aromatic rings. The number of ether oxygens (including phenoxy) is 1. The van der Waals surface area contributed by atoms with Gasteiger partial charge < -0.3 is 20.9 Å². The third-order valence-corrected chi connectivity index (χ3v) is 4.86. The fraction of sp³-hybridized carbons (Fsp3) is 0.0500. The minimum absolute atomic E-state index is 0.0564. The molecule has 0 saturated heterocycles. The molecule has 3 rings (SSSR count). The fourth-order valence-corrected chi connectivity index (χ4v) is 3.02. The number of hydrogen-bond donors (Lipinski definition) is 3. The molecule has 7 nitrogen and oxygen atoms in total. The van der Waals surface area contributed by atoms with Crippen LogP contribution in [-0.2, 0) is 4.79 Å². The van der Waals surface area contributed by atoms with E-state index < -0.39 is 17.8 Å². The van der Waals surface area contributed by atoms with E-state index in [1.165, 1.54) is 36.4 Å². The Morgan fingerprint density at radius 3 is 2.28 bits per heavy atom. The van der Waals surface area contributed by atoms with Gasteiger partial charge in [0, 0.05) is 22.0 Å². The summed E-state index contributed by atoms with van der Waals surface area (Å²) in [5, 5.41) is 13.3. The van der Waals surface area contributed by atoms with Crippen LogP contribution in [0, 0.1) is 0 Å². The van der Waals surface area contributed by atoms with Gasteiger partial charge in [0.15, 0.2) is 6.61 Å². The summed E-state index contributed by atoms with van der Waals surface area (Å²) < 4.78 is 5.55. The first-order valence-electron chi connectivity index (χ1n) is 8.24. The average Bonchev–Trinajstić information content (AvgIpc) is 2.69. The van der Waals surface area contributed by atoms with Crippen LogP contribution < -0.4 is 15.8 Å². The van der Waals surface area contributed by atoms with Crippen molar-refractivity contribution in [2.24, 2.45) is 5.73 Å². The zero-order chi connectivity index (χ0) is 21.1. The van der Waals surface area contributed by atoms with Gasteiger partial charge in [0.05, 0.1) is 15.6 Å². The SMILES string of the molecule is NC(=O)c1ccc(NC(=O)COc2cc(C(=O)O)cc3c(Cl)c(Cl)ccc23)cc1. The Morgan fingerprint density at radius 2 is 1.66 bits per heavy atom. The van der Waals surface area contributed by atoms with Crippen molar-refractivity contribution in [3.63, 3.8) is 0 Å².